The van der Waals surface area contributed by atoms with E-state index in [9.17, 15) is 4.79 Å². The van der Waals surface area contributed by atoms with Crippen LogP contribution in [0.3, 0.4) is 0 Å². The van der Waals surface area contributed by atoms with E-state index in [0.717, 1.165) is 32.3 Å². The standard InChI is InChI=1S/C23H19Br2N3O/c24-18-9-5-16(6-10-18)15-28-21-4-2-1-3-20(21)27-22(28)13-14-26-23(29)17-7-11-19(25)12-8-17/h1-12H,13-15H2,(H,26,29). The molecule has 0 saturated carbocycles. The molecule has 0 unspecified atom stereocenters. The zero-order valence-electron chi connectivity index (χ0n) is 15.6. The minimum Gasteiger partial charge on any atom is -0.352 e. The lowest BCUT2D eigenvalue weighted by molar-refractivity contribution is 0.0954. The van der Waals surface area contributed by atoms with Crippen molar-refractivity contribution in [2.24, 2.45) is 0 Å². The number of hydrogen-bond donors (Lipinski definition) is 1. The van der Waals surface area contributed by atoms with Gasteiger partial charge >= 0.3 is 0 Å². The first-order valence-electron chi connectivity index (χ1n) is 9.32. The normalized spacial score (nSPS) is 11.0. The number of para-hydroxylation sites is 2. The maximum absolute atomic E-state index is 12.4. The van der Waals surface area contributed by atoms with Crippen molar-refractivity contribution < 1.29 is 4.79 Å². The number of hydrogen-bond acceptors (Lipinski definition) is 2. The molecule has 1 aromatic heterocycles. The van der Waals surface area contributed by atoms with Crippen LogP contribution in [-0.2, 0) is 13.0 Å². The smallest absolute Gasteiger partial charge is 0.251 e. The Hall–Kier alpha value is -2.44. The van der Waals surface area contributed by atoms with E-state index < -0.39 is 0 Å². The molecule has 0 aliphatic carbocycles. The van der Waals surface area contributed by atoms with Crippen LogP contribution in [0.2, 0.25) is 0 Å². The molecule has 0 saturated heterocycles. The van der Waals surface area contributed by atoms with Gasteiger partial charge in [0.2, 0.25) is 0 Å². The number of imidazole rings is 1. The van der Waals surface area contributed by atoms with E-state index in [-0.39, 0.29) is 5.91 Å². The monoisotopic (exact) mass is 511 g/mol. The van der Waals surface area contributed by atoms with Crippen molar-refractivity contribution in [1.29, 1.82) is 0 Å². The highest BCUT2D eigenvalue weighted by molar-refractivity contribution is 9.10. The fourth-order valence-corrected chi connectivity index (χ4v) is 3.78. The van der Waals surface area contributed by atoms with Crippen LogP contribution < -0.4 is 5.32 Å². The summed E-state index contributed by atoms with van der Waals surface area (Å²) >= 11 is 6.87. The van der Waals surface area contributed by atoms with Crippen LogP contribution in [0.25, 0.3) is 11.0 Å². The van der Waals surface area contributed by atoms with Gasteiger partial charge in [-0.3, -0.25) is 4.79 Å². The minimum atomic E-state index is -0.0759. The Balaban J connectivity index is 1.51. The number of rotatable bonds is 6. The number of carbonyl (C=O) groups excluding carboxylic acids is 1. The largest absolute Gasteiger partial charge is 0.352 e. The molecule has 0 aliphatic heterocycles. The van der Waals surface area contributed by atoms with E-state index in [1.54, 1.807) is 0 Å². The Bertz CT molecular complexity index is 1140. The van der Waals surface area contributed by atoms with Crippen molar-refractivity contribution in [1.82, 2.24) is 14.9 Å². The summed E-state index contributed by atoms with van der Waals surface area (Å²) in [6, 6.07) is 23.8. The van der Waals surface area contributed by atoms with E-state index in [0.29, 0.717) is 18.5 Å². The van der Waals surface area contributed by atoms with Gasteiger partial charge in [-0.15, -0.1) is 0 Å². The summed E-state index contributed by atoms with van der Waals surface area (Å²) in [5, 5.41) is 3.00. The SMILES string of the molecule is O=C(NCCc1nc2ccccc2n1Cc1ccc(Br)cc1)c1ccc(Br)cc1. The van der Waals surface area contributed by atoms with Crippen LogP contribution in [0, 0.1) is 0 Å². The molecule has 1 heterocycles. The summed E-state index contributed by atoms with van der Waals surface area (Å²) in [6.45, 7) is 1.27. The second kappa shape index (κ2) is 8.93. The molecule has 1 N–H and O–H groups in total. The highest BCUT2D eigenvalue weighted by Crippen LogP contribution is 2.19. The van der Waals surface area contributed by atoms with E-state index >= 15 is 0 Å². The van der Waals surface area contributed by atoms with Crippen molar-refractivity contribution in [3.8, 4) is 0 Å². The molecule has 3 aromatic carbocycles. The van der Waals surface area contributed by atoms with Crippen LogP contribution in [0.5, 0.6) is 0 Å². The maximum Gasteiger partial charge on any atom is 0.251 e. The minimum absolute atomic E-state index is 0.0759. The molecule has 0 bridgehead atoms. The first kappa shape index (κ1) is 19.9. The van der Waals surface area contributed by atoms with Gasteiger partial charge in [0.05, 0.1) is 11.0 Å². The van der Waals surface area contributed by atoms with Crippen LogP contribution in [0.15, 0.2) is 81.7 Å². The topological polar surface area (TPSA) is 46.9 Å². The second-order valence-corrected chi connectivity index (χ2v) is 8.57. The fourth-order valence-electron chi connectivity index (χ4n) is 3.26. The summed E-state index contributed by atoms with van der Waals surface area (Å²) in [4.78, 5) is 17.2. The van der Waals surface area contributed by atoms with Crippen LogP contribution in [0.1, 0.15) is 21.7 Å². The van der Waals surface area contributed by atoms with Gasteiger partial charge in [0.15, 0.2) is 0 Å². The van der Waals surface area contributed by atoms with Crippen molar-refractivity contribution >= 4 is 48.8 Å². The molecule has 4 nitrogen and oxygen atoms in total. The average molecular weight is 513 g/mol. The van der Waals surface area contributed by atoms with Crippen molar-refractivity contribution in [2.75, 3.05) is 6.54 Å². The van der Waals surface area contributed by atoms with Gasteiger partial charge in [-0.2, -0.15) is 0 Å². The van der Waals surface area contributed by atoms with Crippen molar-refractivity contribution in [3.63, 3.8) is 0 Å². The van der Waals surface area contributed by atoms with Crippen LogP contribution in [0.4, 0.5) is 0 Å². The number of carbonyl (C=O) groups is 1. The number of amides is 1. The quantitative estimate of drug-likeness (QED) is 0.366. The average Bonchev–Trinajstić information content (AvgIpc) is 3.07. The highest BCUT2D eigenvalue weighted by Gasteiger charge is 2.12. The van der Waals surface area contributed by atoms with E-state index in [4.69, 9.17) is 4.98 Å². The highest BCUT2D eigenvalue weighted by atomic mass is 79.9. The summed E-state index contributed by atoms with van der Waals surface area (Å²) in [7, 11) is 0. The molecule has 0 atom stereocenters. The lowest BCUT2D eigenvalue weighted by Crippen LogP contribution is -2.26. The number of halogens is 2. The van der Waals surface area contributed by atoms with Crippen molar-refractivity contribution in [2.45, 2.75) is 13.0 Å². The number of fused-ring (bicyclic) bond motifs is 1. The number of nitrogens with one attached hydrogen (secondary N) is 1. The molecule has 146 valence electrons. The molecule has 4 rings (SSSR count). The predicted molar refractivity (Wildman–Crippen MR) is 123 cm³/mol. The first-order chi connectivity index (χ1) is 14.1. The van der Waals surface area contributed by atoms with Crippen molar-refractivity contribution in [3.05, 3.63) is 98.7 Å². The molecule has 29 heavy (non-hydrogen) atoms. The molecule has 0 fully saturated rings. The Morgan fingerprint density at radius 3 is 2.28 bits per heavy atom. The van der Waals surface area contributed by atoms with Crippen LogP contribution in [-0.4, -0.2) is 22.0 Å². The lowest BCUT2D eigenvalue weighted by atomic mass is 10.2. The third-order valence-corrected chi connectivity index (χ3v) is 5.79. The molecular formula is C23H19Br2N3O. The molecule has 6 heteroatoms. The number of benzene rings is 3. The maximum atomic E-state index is 12.4. The van der Waals surface area contributed by atoms with E-state index in [1.807, 2.05) is 54.6 Å². The van der Waals surface area contributed by atoms with Gasteiger partial charge in [0.1, 0.15) is 5.82 Å². The predicted octanol–water partition coefficient (Wildman–Crippen LogP) is 5.58. The van der Waals surface area contributed by atoms with E-state index in [1.165, 1.54) is 5.56 Å². The van der Waals surface area contributed by atoms with Gasteiger partial charge in [-0.05, 0) is 54.1 Å². The summed E-state index contributed by atoms with van der Waals surface area (Å²) in [6.07, 6.45) is 0.660. The molecular weight excluding hydrogens is 494 g/mol. The zero-order chi connectivity index (χ0) is 20.2. The fraction of sp³-hybridized carbons (Fsp3) is 0.130. The Morgan fingerprint density at radius 1 is 0.897 bits per heavy atom. The van der Waals surface area contributed by atoms with Gasteiger partial charge in [0, 0.05) is 34.0 Å². The van der Waals surface area contributed by atoms with Gasteiger partial charge in [0.25, 0.3) is 5.91 Å². The lowest BCUT2D eigenvalue weighted by Gasteiger charge is -2.10. The molecule has 4 aromatic rings. The first-order valence-corrected chi connectivity index (χ1v) is 10.9. The molecule has 0 spiro atoms. The molecule has 1 amide bonds. The van der Waals surface area contributed by atoms with Gasteiger partial charge in [-0.1, -0.05) is 56.1 Å². The summed E-state index contributed by atoms with van der Waals surface area (Å²) < 4.78 is 4.24. The Kier molecular flexibility index (Phi) is 6.11. The summed E-state index contributed by atoms with van der Waals surface area (Å²) in [5.41, 5.74) is 3.93. The zero-order valence-corrected chi connectivity index (χ0v) is 18.8. The van der Waals surface area contributed by atoms with Crippen LogP contribution >= 0.6 is 31.9 Å². The van der Waals surface area contributed by atoms with Gasteiger partial charge in [-0.25, -0.2) is 4.98 Å². The molecule has 0 radical (unpaired) electrons. The second-order valence-electron chi connectivity index (χ2n) is 6.74. The third kappa shape index (κ3) is 4.77. The Labute approximate surface area is 186 Å². The summed E-state index contributed by atoms with van der Waals surface area (Å²) in [5.74, 6) is 0.887. The molecule has 0 aliphatic rings. The third-order valence-electron chi connectivity index (χ3n) is 4.73. The van der Waals surface area contributed by atoms with Gasteiger partial charge < -0.3 is 9.88 Å². The number of aromatic nitrogens is 2. The Morgan fingerprint density at radius 2 is 1.55 bits per heavy atom. The number of nitrogens with zero attached hydrogens (tertiary/aromatic N) is 2. The van der Waals surface area contributed by atoms with E-state index in [2.05, 4.69) is 59.9 Å².